The molecule has 3 nitrogen and oxygen atoms in total. The molecule has 1 fully saturated rings. The summed E-state index contributed by atoms with van der Waals surface area (Å²) in [4.78, 5) is 11.2. The number of rotatable bonds is 4. The molecule has 0 saturated heterocycles. The molecule has 92 valence electrons. The van der Waals surface area contributed by atoms with E-state index in [-0.39, 0.29) is 11.9 Å². The normalized spacial score (nSPS) is 27.5. The Bertz CT molecular complexity index is 410. The van der Waals surface area contributed by atoms with E-state index in [4.69, 9.17) is 5.73 Å². The number of aryl methyl sites for hydroxylation is 1. The van der Waals surface area contributed by atoms with E-state index in [2.05, 4.69) is 0 Å². The first-order valence-corrected chi connectivity index (χ1v) is 5.75. The summed E-state index contributed by atoms with van der Waals surface area (Å²) in [7, 11) is 0. The van der Waals surface area contributed by atoms with Gasteiger partial charge in [-0.1, -0.05) is 12.1 Å². The Balaban J connectivity index is 1.97. The number of carboxylic acids is 1. The molecule has 0 spiro atoms. The molecule has 0 unspecified atom stereocenters. The third-order valence-electron chi connectivity index (χ3n) is 3.57. The molecule has 17 heavy (non-hydrogen) atoms. The second kappa shape index (κ2) is 4.45. The Hall–Kier alpha value is -1.42. The first-order valence-electron chi connectivity index (χ1n) is 5.75. The standard InChI is InChI=1S/C13H16FNO2/c14-10-3-1-9(2-4-10)5-6-13(12(16)17)7-11(15)8-13/h1-4,11H,5-8,15H2,(H,16,17). The molecule has 1 saturated carbocycles. The zero-order valence-corrected chi connectivity index (χ0v) is 9.53. The lowest BCUT2D eigenvalue weighted by atomic mass is 9.63. The minimum atomic E-state index is -0.763. The van der Waals surface area contributed by atoms with Crippen LogP contribution in [-0.4, -0.2) is 17.1 Å². The van der Waals surface area contributed by atoms with Crippen LogP contribution in [0.15, 0.2) is 24.3 Å². The van der Waals surface area contributed by atoms with Crippen LogP contribution < -0.4 is 5.73 Å². The second-order valence-electron chi connectivity index (χ2n) is 4.88. The lowest BCUT2D eigenvalue weighted by molar-refractivity contribution is -0.156. The van der Waals surface area contributed by atoms with Gasteiger partial charge in [0, 0.05) is 6.04 Å². The van der Waals surface area contributed by atoms with Crippen molar-refractivity contribution in [3.63, 3.8) is 0 Å². The summed E-state index contributed by atoms with van der Waals surface area (Å²) in [6, 6.07) is 6.21. The average molecular weight is 237 g/mol. The Morgan fingerprint density at radius 2 is 2.00 bits per heavy atom. The minimum absolute atomic E-state index is 0.0133. The highest BCUT2D eigenvalue weighted by Crippen LogP contribution is 2.44. The van der Waals surface area contributed by atoms with Gasteiger partial charge in [-0.05, 0) is 43.4 Å². The maximum absolute atomic E-state index is 12.7. The molecule has 3 N–H and O–H groups in total. The zero-order chi connectivity index (χ0) is 12.5. The Kier molecular flexibility index (Phi) is 3.15. The lowest BCUT2D eigenvalue weighted by Gasteiger charge is -2.42. The maximum Gasteiger partial charge on any atom is 0.309 e. The molecule has 0 radical (unpaired) electrons. The first-order chi connectivity index (χ1) is 8.02. The predicted octanol–water partition coefficient (Wildman–Crippen LogP) is 1.95. The fourth-order valence-corrected chi connectivity index (χ4v) is 2.46. The summed E-state index contributed by atoms with van der Waals surface area (Å²) in [5.41, 5.74) is 5.97. The number of hydrogen-bond donors (Lipinski definition) is 2. The van der Waals surface area contributed by atoms with Crippen molar-refractivity contribution in [1.29, 1.82) is 0 Å². The van der Waals surface area contributed by atoms with Crippen LogP contribution in [0, 0.1) is 11.2 Å². The van der Waals surface area contributed by atoms with Gasteiger partial charge in [0.1, 0.15) is 5.82 Å². The fraction of sp³-hybridized carbons (Fsp3) is 0.462. The average Bonchev–Trinajstić information content (AvgIpc) is 2.24. The summed E-state index contributed by atoms with van der Waals surface area (Å²) in [6.07, 6.45) is 2.31. The van der Waals surface area contributed by atoms with Crippen molar-refractivity contribution in [2.45, 2.75) is 31.7 Å². The van der Waals surface area contributed by atoms with E-state index in [1.54, 1.807) is 12.1 Å². The molecule has 1 aromatic rings. The van der Waals surface area contributed by atoms with Crippen molar-refractivity contribution < 1.29 is 14.3 Å². The van der Waals surface area contributed by atoms with E-state index in [9.17, 15) is 14.3 Å². The van der Waals surface area contributed by atoms with Gasteiger partial charge in [-0.2, -0.15) is 0 Å². The van der Waals surface area contributed by atoms with Crippen molar-refractivity contribution in [2.24, 2.45) is 11.1 Å². The van der Waals surface area contributed by atoms with Crippen molar-refractivity contribution in [1.82, 2.24) is 0 Å². The minimum Gasteiger partial charge on any atom is -0.481 e. The molecule has 0 bridgehead atoms. The van der Waals surface area contributed by atoms with Gasteiger partial charge < -0.3 is 10.8 Å². The number of halogens is 1. The summed E-state index contributed by atoms with van der Waals surface area (Å²) < 4.78 is 12.7. The molecular weight excluding hydrogens is 221 g/mol. The molecule has 0 heterocycles. The van der Waals surface area contributed by atoms with E-state index in [1.807, 2.05) is 0 Å². The van der Waals surface area contributed by atoms with Gasteiger partial charge in [0.25, 0.3) is 0 Å². The second-order valence-corrected chi connectivity index (χ2v) is 4.88. The molecule has 4 heteroatoms. The van der Waals surface area contributed by atoms with Gasteiger partial charge in [-0.25, -0.2) is 4.39 Å². The third kappa shape index (κ3) is 2.47. The monoisotopic (exact) mass is 237 g/mol. The van der Waals surface area contributed by atoms with Crippen LogP contribution >= 0.6 is 0 Å². The first kappa shape index (κ1) is 12.0. The number of aliphatic carboxylic acids is 1. The number of hydrogen-bond acceptors (Lipinski definition) is 2. The van der Waals surface area contributed by atoms with Crippen molar-refractivity contribution >= 4 is 5.97 Å². The Morgan fingerprint density at radius 3 is 2.47 bits per heavy atom. The lowest BCUT2D eigenvalue weighted by Crippen LogP contribution is -2.51. The Labute approximate surface area is 99.4 Å². The number of benzene rings is 1. The molecule has 0 aliphatic heterocycles. The topological polar surface area (TPSA) is 63.3 Å². The van der Waals surface area contributed by atoms with Crippen LogP contribution in [0.4, 0.5) is 4.39 Å². The van der Waals surface area contributed by atoms with Crippen LogP contribution in [0.5, 0.6) is 0 Å². The van der Waals surface area contributed by atoms with E-state index in [0.29, 0.717) is 25.7 Å². The van der Waals surface area contributed by atoms with Crippen LogP contribution in [0.1, 0.15) is 24.8 Å². The summed E-state index contributed by atoms with van der Waals surface area (Å²) in [5.74, 6) is -1.03. The molecule has 2 rings (SSSR count). The van der Waals surface area contributed by atoms with Gasteiger partial charge in [-0.3, -0.25) is 4.79 Å². The molecule has 0 amide bonds. The van der Waals surface area contributed by atoms with Gasteiger partial charge in [-0.15, -0.1) is 0 Å². The van der Waals surface area contributed by atoms with Crippen LogP contribution in [0.3, 0.4) is 0 Å². The van der Waals surface area contributed by atoms with Crippen LogP contribution in [0.2, 0.25) is 0 Å². The molecule has 1 aliphatic carbocycles. The van der Waals surface area contributed by atoms with Crippen molar-refractivity contribution in [3.8, 4) is 0 Å². The van der Waals surface area contributed by atoms with Crippen LogP contribution in [0.25, 0.3) is 0 Å². The van der Waals surface area contributed by atoms with Gasteiger partial charge in [0.15, 0.2) is 0 Å². The summed E-state index contributed by atoms with van der Waals surface area (Å²) in [5, 5.41) is 9.21. The van der Waals surface area contributed by atoms with E-state index in [0.717, 1.165) is 5.56 Å². The highest BCUT2D eigenvalue weighted by molar-refractivity contribution is 5.76. The molecule has 1 aliphatic rings. The largest absolute Gasteiger partial charge is 0.481 e. The van der Waals surface area contributed by atoms with E-state index in [1.165, 1.54) is 12.1 Å². The maximum atomic E-state index is 12.7. The van der Waals surface area contributed by atoms with Crippen molar-refractivity contribution in [2.75, 3.05) is 0 Å². The van der Waals surface area contributed by atoms with Crippen LogP contribution in [-0.2, 0) is 11.2 Å². The smallest absolute Gasteiger partial charge is 0.309 e. The highest BCUT2D eigenvalue weighted by Gasteiger charge is 2.48. The van der Waals surface area contributed by atoms with E-state index < -0.39 is 11.4 Å². The zero-order valence-electron chi connectivity index (χ0n) is 9.53. The molecular formula is C13H16FNO2. The van der Waals surface area contributed by atoms with Crippen molar-refractivity contribution in [3.05, 3.63) is 35.6 Å². The fourth-order valence-electron chi connectivity index (χ4n) is 2.46. The van der Waals surface area contributed by atoms with Gasteiger partial charge in [0.2, 0.25) is 0 Å². The summed E-state index contributed by atoms with van der Waals surface area (Å²) >= 11 is 0. The third-order valence-corrected chi connectivity index (χ3v) is 3.57. The number of carboxylic acid groups (broad SMARTS) is 1. The quantitative estimate of drug-likeness (QED) is 0.841. The highest BCUT2D eigenvalue weighted by atomic mass is 19.1. The predicted molar refractivity (Wildman–Crippen MR) is 62.0 cm³/mol. The molecule has 0 atom stereocenters. The number of carbonyl (C=O) groups is 1. The summed E-state index contributed by atoms with van der Waals surface area (Å²) in [6.45, 7) is 0. The van der Waals surface area contributed by atoms with Gasteiger partial charge in [0.05, 0.1) is 5.41 Å². The number of nitrogens with two attached hydrogens (primary N) is 1. The SMILES string of the molecule is NC1CC(CCc2ccc(F)cc2)(C(=O)O)C1. The Morgan fingerprint density at radius 1 is 1.41 bits per heavy atom. The van der Waals surface area contributed by atoms with Gasteiger partial charge >= 0.3 is 5.97 Å². The molecule has 1 aromatic carbocycles. The molecule has 0 aromatic heterocycles. The van der Waals surface area contributed by atoms with E-state index >= 15 is 0 Å².